The summed E-state index contributed by atoms with van der Waals surface area (Å²) in [6, 6.07) is 17.6. The van der Waals surface area contributed by atoms with Crippen molar-refractivity contribution in [2.24, 2.45) is 10.2 Å². The Kier molecular flexibility index (Phi) is 11.8. The van der Waals surface area contributed by atoms with Gasteiger partial charge in [0, 0.05) is 38.3 Å². The zero-order chi connectivity index (χ0) is 35.1. The summed E-state index contributed by atoms with van der Waals surface area (Å²) in [5, 5.41) is 19.8. The van der Waals surface area contributed by atoms with Crippen LogP contribution in [0, 0.1) is 22.9 Å². The number of carbonyl (C=O) groups excluding carboxylic acids is 4. The highest BCUT2D eigenvalue weighted by Crippen LogP contribution is 2.43. The van der Waals surface area contributed by atoms with E-state index in [9.17, 15) is 24.4 Å². The van der Waals surface area contributed by atoms with Crippen LogP contribution in [0.1, 0.15) is 45.0 Å². The molecule has 13 nitrogen and oxygen atoms in total. The smallest absolute Gasteiger partial charge is 0.303 e. The Bertz CT molecular complexity index is 1840. The summed E-state index contributed by atoms with van der Waals surface area (Å²) in [4.78, 5) is 49.2. The molecule has 2 heterocycles. The number of esters is 4. The standard InChI is InChI=1S/C33H31ClN4O9S/c1-17-25(15-35)33(48)38(28(22-9-7-6-8-10-22)27(17)37-36-24-13-11-23(34)12-14-24)32-31(46-21(5)42)30(45-20(4)41)29(44-19(3)40)26(47-32)16-43-18(2)39/h6-14,26,29-32H,16H2,1-5H3/t26-,29+,30+,31+,32-/m0/s1. The van der Waals surface area contributed by atoms with Crippen LogP contribution in [0.4, 0.5) is 11.4 Å². The van der Waals surface area contributed by atoms with Crippen LogP contribution in [-0.2, 0) is 42.9 Å². The van der Waals surface area contributed by atoms with Crippen molar-refractivity contribution >= 4 is 59.1 Å². The first-order valence-electron chi connectivity index (χ1n) is 14.5. The highest BCUT2D eigenvalue weighted by atomic mass is 35.5. The summed E-state index contributed by atoms with van der Waals surface area (Å²) >= 11 is 11.9. The van der Waals surface area contributed by atoms with E-state index in [1.165, 1.54) is 11.5 Å². The molecule has 0 saturated carbocycles. The maximum Gasteiger partial charge on any atom is 0.303 e. The van der Waals surface area contributed by atoms with E-state index in [1.54, 1.807) is 61.5 Å². The molecule has 48 heavy (non-hydrogen) atoms. The molecule has 0 amide bonds. The molecule has 0 radical (unpaired) electrons. The van der Waals surface area contributed by atoms with Crippen molar-refractivity contribution in [3.05, 3.63) is 75.4 Å². The molecule has 0 aliphatic carbocycles. The van der Waals surface area contributed by atoms with Gasteiger partial charge in [-0.2, -0.15) is 10.4 Å². The zero-order valence-corrected chi connectivity index (χ0v) is 28.1. The number of ether oxygens (including phenoxy) is 5. The molecular formula is C33H31ClN4O9S. The van der Waals surface area contributed by atoms with E-state index in [1.807, 2.05) is 0 Å². The number of hydrogen-bond donors (Lipinski definition) is 0. The molecule has 0 spiro atoms. The van der Waals surface area contributed by atoms with Crippen LogP contribution < -0.4 is 0 Å². The van der Waals surface area contributed by atoms with Crippen molar-refractivity contribution < 1.29 is 42.9 Å². The Morgan fingerprint density at radius 3 is 2.02 bits per heavy atom. The lowest BCUT2D eigenvalue weighted by atomic mass is 9.95. The fraction of sp³-hybridized carbons (Fsp3) is 0.333. The van der Waals surface area contributed by atoms with E-state index in [0.29, 0.717) is 27.5 Å². The first-order chi connectivity index (χ1) is 22.8. The van der Waals surface area contributed by atoms with Crippen molar-refractivity contribution in [2.75, 3.05) is 6.61 Å². The van der Waals surface area contributed by atoms with Gasteiger partial charge in [0.05, 0.1) is 16.9 Å². The summed E-state index contributed by atoms with van der Waals surface area (Å²) in [6.45, 7) is 5.76. The fourth-order valence-electron chi connectivity index (χ4n) is 5.19. The molecule has 1 saturated heterocycles. The van der Waals surface area contributed by atoms with E-state index in [2.05, 4.69) is 16.3 Å². The Hall–Kier alpha value is -4.97. The SMILES string of the molecule is CC(=O)OC[C@@H]1O[C@H](n2c(-c3ccccc3)c(N=Nc3ccc(Cl)cc3)c(C)c(C#N)c2=S)[C@H](OC(C)=O)[C@H](OC(C)=O)[C@@H]1OC(C)=O. The predicted molar refractivity (Wildman–Crippen MR) is 173 cm³/mol. The lowest BCUT2D eigenvalue weighted by molar-refractivity contribution is -0.268. The van der Waals surface area contributed by atoms with Crippen molar-refractivity contribution in [3.8, 4) is 17.3 Å². The minimum Gasteiger partial charge on any atom is -0.463 e. The van der Waals surface area contributed by atoms with Crippen LogP contribution in [0.15, 0.2) is 64.8 Å². The van der Waals surface area contributed by atoms with Crippen LogP contribution >= 0.6 is 23.8 Å². The van der Waals surface area contributed by atoms with Gasteiger partial charge in [-0.3, -0.25) is 23.7 Å². The molecular weight excluding hydrogens is 664 g/mol. The monoisotopic (exact) mass is 694 g/mol. The first kappa shape index (κ1) is 35.9. The van der Waals surface area contributed by atoms with E-state index < -0.39 is 61.1 Å². The van der Waals surface area contributed by atoms with Gasteiger partial charge < -0.3 is 23.7 Å². The number of aromatic nitrogens is 1. The molecule has 250 valence electrons. The van der Waals surface area contributed by atoms with E-state index in [-0.39, 0.29) is 15.9 Å². The fourth-order valence-corrected chi connectivity index (χ4v) is 5.71. The zero-order valence-electron chi connectivity index (χ0n) is 26.5. The van der Waals surface area contributed by atoms with Crippen LogP contribution in [0.25, 0.3) is 11.3 Å². The van der Waals surface area contributed by atoms with E-state index in [4.69, 9.17) is 47.5 Å². The van der Waals surface area contributed by atoms with Gasteiger partial charge in [-0.1, -0.05) is 54.2 Å². The minimum atomic E-state index is -1.51. The quantitative estimate of drug-likeness (QED) is 0.105. The number of azo groups is 1. The molecule has 1 aliphatic rings. The summed E-state index contributed by atoms with van der Waals surface area (Å²) in [6.07, 6.45) is -7.11. The largest absolute Gasteiger partial charge is 0.463 e. The van der Waals surface area contributed by atoms with Crippen molar-refractivity contribution in [1.29, 1.82) is 5.26 Å². The third-order valence-corrected chi connectivity index (χ3v) is 7.75. The maximum absolute atomic E-state index is 12.6. The number of rotatable bonds is 9. The molecule has 1 aromatic heterocycles. The predicted octanol–water partition coefficient (Wildman–Crippen LogP) is 6.39. The van der Waals surface area contributed by atoms with Crippen LogP contribution in [0.5, 0.6) is 0 Å². The average Bonchev–Trinajstić information content (AvgIpc) is 3.02. The second kappa shape index (κ2) is 15.7. The molecule has 3 aromatic rings. The number of benzene rings is 2. The van der Waals surface area contributed by atoms with Crippen molar-refractivity contribution in [3.63, 3.8) is 0 Å². The summed E-state index contributed by atoms with van der Waals surface area (Å²) in [5.74, 6) is -3.04. The van der Waals surface area contributed by atoms with Crippen molar-refractivity contribution in [1.82, 2.24) is 4.57 Å². The Labute approximate surface area is 286 Å². The lowest BCUT2D eigenvalue weighted by Crippen LogP contribution is -2.60. The van der Waals surface area contributed by atoms with E-state index >= 15 is 0 Å². The molecule has 2 aromatic carbocycles. The van der Waals surface area contributed by atoms with Gasteiger partial charge in [0.1, 0.15) is 29.1 Å². The normalized spacial score (nSPS) is 20.4. The Morgan fingerprint density at radius 2 is 1.46 bits per heavy atom. The number of hydrogen-bond acceptors (Lipinski definition) is 13. The Balaban J connectivity index is 2.08. The summed E-state index contributed by atoms with van der Waals surface area (Å²) in [5.41, 5.74) is 1.94. The van der Waals surface area contributed by atoms with Gasteiger partial charge in [0.15, 0.2) is 24.5 Å². The van der Waals surface area contributed by atoms with E-state index in [0.717, 1.165) is 20.8 Å². The molecule has 0 N–H and O–H groups in total. The molecule has 1 fully saturated rings. The number of nitriles is 1. The number of nitrogens with zero attached hydrogens (tertiary/aromatic N) is 4. The molecule has 15 heteroatoms. The molecule has 0 unspecified atom stereocenters. The van der Waals surface area contributed by atoms with Crippen LogP contribution in [0.3, 0.4) is 0 Å². The number of carbonyl (C=O) groups is 4. The second-order valence-electron chi connectivity index (χ2n) is 10.6. The van der Waals surface area contributed by atoms with Gasteiger partial charge in [-0.25, -0.2) is 0 Å². The van der Waals surface area contributed by atoms with Crippen LogP contribution in [-0.4, -0.2) is 59.5 Å². The maximum atomic E-state index is 12.6. The molecule has 5 atom stereocenters. The molecule has 4 rings (SSSR count). The van der Waals surface area contributed by atoms with Gasteiger partial charge in [-0.15, -0.1) is 5.11 Å². The van der Waals surface area contributed by atoms with Gasteiger partial charge in [0.25, 0.3) is 0 Å². The molecule has 1 aliphatic heterocycles. The first-order valence-corrected chi connectivity index (χ1v) is 15.3. The third kappa shape index (κ3) is 8.29. The number of pyridine rings is 1. The molecule has 0 bridgehead atoms. The summed E-state index contributed by atoms with van der Waals surface area (Å²) < 4.78 is 30.0. The number of halogens is 1. The minimum absolute atomic E-state index is 0.0302. The summed E-state index contributed by atoms with van der Waals surface area (Å²) in [7, 11) is 0. The highest BCUT2D eigenvalue weighted by molar-refractivity contribution is 7.71. The topological polar surface area (TPSA) is 168 Å². The second-order valence-corrected chi connectivity index (χ2v) is 11.4. The van der Waals surface area contributed by atoms with Crippen LogP contribution in [0.2, 0.25) is 5.02 Å². The lowest BCUT2D eigenvalue weighted by Gasteiger charge is -2.45. The van der Waals surface area contributed by atoms with Crippen molar-refractivity contribution in [2.45, 2.75) is 65.3 Å². The third-order valence-electron chi connectivity index (χ3n) is 7.10. The van der Waals surface area contributed by atoms with Gasteiger partial charge in [0.2, 0.25) is 0 Å². The van der Waals surface area contributed by atoms with Gasteiger partial charge in [-0.05, 0) is 36.8 Å². The Morgan fingerprint density at radius 1 is 0.875 bits per heavy atom. The highest BCUT2D eigenvalue weighted by Gasteiger charge is 2.53. The average molecular weight is 695 g/mol. The van der Waals surface area contributed by atoms with Gasteiger partial charge >= 0.3 is 23.9 Å².